The summed E-state index contributed by atoms with van der Waals surface area (Å²) in [4.78, 5) is 0. The Morgan fingerprint density at radius 2 is 2.33 bits per heavy atom. The summed E-state index contributed by atoms with van der Waals surface area (Å²) >= 11 is 0. The van der Waals surface area contributed by atoms with Gasteiger partial charge in [0.2, 0.25) is 0 Å². The number of nitrogens with zero attached hydrogens (tertiary/aromatic N) is 1. The second-order valence-corrected chi connectivity index (χ2v) is 3.47. The molecule has 1 aromatic rings. The van der Waals surface area contributed by atoms with Crippen LogP contribution < -0.4 is 11.1 Å². The molecule has 0 fully saturated rings. The third-order valence-corrected chi connectivity index (χ3v) is 2.15. The maximum atomic E-state index is 8.74. The molecule has 1 unspecified atom stereocenters. The average Bonchev–Trinajstić information content (AvgIpc) is 2.18. The molecule has 1 rings (SSSR count). The fraction of sp³-hybridized carbons (Fsp3) is 0.364. The van der Waals surface area contributed by atoms with Gasteiger partial charge in [0.05, 0.1) is 11.3 Å². The van der Waals surface area contributed by atoms with Crippen molar-refractivity contribution in [3.63, 3.8) is 0 Å². The summed E-state index contributed by atoms with van der Waals surface area (Å²) in [5.74, 6) is 0. The maximum Gasteiger partial charge on any atom is 0.101 e. The number of nitrogen functional groups attached to an aromatic ring is 1. The SMILES string of the molecule is CC(CCO)Nc1ccc(C#N)c(N)c1. The predicted octanol–water partition coefficient (Wildman–Crippen LogP) is 1.32. The topological polar surface area (TPSA) is 82.1 Å². The van der Waals surface area contributed by atoms with Crippen LogP contribution in [0.5, 0.6) is 0 Å². The van der Waals surface area contributed by atoms with Gasteiger partial charge in [-0.25, -0.2) is 0 Å². The van der Waals surface area contributed by atoms with Crippen LogP contribution in [0.2, 0.25) is 0 Å². The first-order valence-electron chi connectivity index (χ1n) is 4.84. The molecule has 0 aliphatic heterocycles. The van der Waals surface area contributed by atoms with Gasteiger partial charge in [-0.3, -0.25) is 0 Å². The van der Waals surface area contributed by atoms with Crippen molar-refractivity contribution in [3.8, 4) is 6.07 Å². The van der Waals surface area contributed by atoms with E-state index in [-0.39, 0.29) is 12.6 Å². The van der Waals surface area contributed by atoms with E-state index in [9.17, 15) is 0 Å². The zero-order chi connectivity index (χ0) is 11.3. The van der Waals surface area contributed by atoms with Gasteiger partial charge in [0.1, 0.15) is 6.07 Å². The third-order valence-electron chi connectivity index (χ3n) is 2.15. The molecule has 0 aliphatic rings. The van der Waals surface area contributed by atoms with E-state index < -0.39 is 0 Å². The van der Waals surface area contributed by atoms with Crippen LogP contribution in [0.3, 0.4) is 0 Å². The Kier molecular flexibility index (Phi) is 3.95. The van der Waals surface area contributed by atoms with Gasteiger partial charge in [0.15, 0.2) is 0 Å². The molecule has 1 atom stereocenters. The molecule has 4 heteroatoms. The van der Waals surface area contributed by atoms with E-state index in [1.54, 1.807) is 12.1 Å². The summed E-state index contributed by atoms with van der Waals surface area (Å²) in [6.45, 7) is 2.13. The summed E-state index contributed by atoms with van der Waals surface area (Å²) in [6, 6.07) is 7.41. The van der Waals surface area contributed by atoms with Crippen molar-refractivity contribution in [2.24, 2.45) is 0 Å². The number of benzene rings is 1. The molecular formula is C11H15N3O. The first kappa shape index (κ1) is 11.3. The second kappa shape index (κ2) is 5.23. The largest absolute Gasteiger partial charge is 0.398 e. The molecule has 0 saturated heterocycles. The maximum absolute atomic E-state index is 8.74. The summed E-state index contributed by atoms with van der Waals surface area (Å²) in [5, 5.41) is 20.6. The summed E-state index contributed by atoms with van der Waals surface area (Å²) in [6.07, 6.45) is 0.680. The number of hydrogen-bond acceptors (Lipinski definition) is 4. The normalized spacial score (nSPS) is 11.8. The molecule has 0 heterocycles. The lowest BCUT2D eigenvalue weighted by molar-refractivity contribution is 0.282. The van der Waals surface area contributed by atoms with Gasteiger partial charge in [-0.2, -0.15) is 5.26 Å². The highest BCUT2D eigenvalue weighted by atomic mass is 16.3. The molecule has 15 heavy (non-hydrogen) atoms. The lowest BCUT2D eigenvalue weighted by atomic mass is 10.1. The molecule has 80 valence electrons. The van der Waals surface area contributed by atoms with Crippen LogP contribution in [-0.2, 0) is 0 Å². The van der Waals surface area contributed by atoms with E-state index in [0.717, 1.165) is 5.69 Å². The fourth-order valence-corrected chi connectivity index (χ4v) is 1.30. The van der Waals surface area contributed by atoms with Gasteiger partial charge in [0, 0.05) is 18.3 Å². The smallest absolute Gasteiger partial charge is 0.101 e. The molecule has 0 amide bonds. The Balaban J connectivity index is 2.72. The number of aliphatic hydroxyl groups is 1. The number of nitrogens with two attached hydrogens (primary N) is 1. The molecule has 4 N–H and O–H groups in total. The van der Waals surface area contributed by atoms with Gasteiger partial charge in [-0.15, -0.1) is 0 Å². The molecule has 1 aromatic carbocycles. The van der Waals surface area contributed by atoms with Crippen LogP contribution >= 0.6 is 0 Å². The Morgan fingerprint density at radius 3 is 2.87 bits per heavy atom. The predicted molar refractivity (Wildman–Crippen MR) is 60.4 cm³/mol. The zero-order valence-electron chi connectivity index (χ0n) is 8.70. The Hall–Kier alpha value is -1.73. The van der Waals surface area contributed by atoms with E-state index in [1.165, 1.54) is 0 Å². The number of nitriles is 1. The monoisotopic (exact) mass is 205 g/mol. The first-order valence-corrected chi connectivity index (χ1v) is 4.84. The number of aliphatic hydroxyl groups excluding tert-OH is 1. The molecule has 0 spiro atoms. The van der Waals surface area contributed by atoms with Crippen molar-refractivity contribution in [1.82, 2.24) is 0 Å². The molecule has 0 aromatic heterocycles. The highest BCUT2D eigenvalue weighted by Gasteiger charge is 2.03. The quantitative estimate of drug-likeness (QED) is 0.647. The van der Waals surface area contributed by atoms with Crippen molar-refractivity contribution in [3.05, 3.63) is 23.8 Å². The molecule has 0 radical (unpaired) electrons. The molecule has 0 bridgehead atoms. The van der Waals surface area contributed by atoms with Crippen LogP contribution in [0.4, 0.5) is 11.4 Å². The van der Waals surface area contributed by atoms with Gasteiger partial charge >= 0.3 is 0 Å². The van der Waals surface area contributed by atoms with Crippen LogP contribution in [0.25, 0.3) is 0 Å². The van der Waals surface area contributed by atoms with Gasteiger partial charge < -0.3 is 16.2 Å². The highest BCUT2D eigenvalue weighted by molar-refractivity contribution is 5.62. The number of rotatable bonds is 4. The standard InChI is InChI=1S/C11H15N3O/c1-8(4-5-15)14-10-3-2-9(7-12)11(13)6-10/h2-3,6,8,14-15H,4-5,13H2,1H3. The molecular weight excluding hydrogens is 190 g/mol. The number of hydrogen-bond donors (Lipinski definition) is 3. The van der Waals surface area contributed by atoms with Gasteiger partial charge in [-0.05, 0) is 31.5 Å². The Labute approximate surface area is 89.3 Å². The first-order chi connectivity index (χ1) is 7.17. The average molecular weight is 205 g/mol. The minimum atomic E-state index is 0.153. The second-order valence-electron chi connectivity index (χ2n) is 3.47. The lowest BCUT2D eigenvalue weighted by Crippen LogP contribution is -2.16. The van der Waals surface area contributed by atoms with Crippen LogP contribution in [0, 0.1) is 11.3 Å². The molecule has 4 nitrogen and oxygen atoms in total. The fourth-order valence-electron chi connectivity index (χ4n) is 1.30. The van der Waals surface area contributed by atoms with E-state index in [1.807, 2.05) is 19.1 Å². The summed E-state index contributed by atoms with van der Waals surface area (Å²) in [5.41, 5.74) is 7.49. The van der Waals surface area contributed by atoms with Crippen molar-refractivity contribution >= 4 is 11.4 Å². The summed E-state index contributed by atoms with van der Waals surface area (Å²) in [7, 11) is 0. The van der Waals surface area contributed by atoms with E-state index in [4.69, 9.17) is 16.1 Å². The van der Waals surface area contributed by atoms with Crippen LogP contribution in [-0.4, -0.2) is 17.8 Å². The number of anilines is 2. The third kappa shape index (κ3) is 3.15. The molecule has 0 aliphatic carbocycles. The van der Waals surface area contributed by atoms with Crippen LogP contribution in [0.15, 0.2) is 18.2 Å². The van der Waals surface area contributed by atoms with E-state index in [2.05, 4.69) is 5.32 Å². The zero-order valence-corrected chi connectivity index (χ0v) is 8.70. The summed E-state index contributed by atoms with van der Waals surface area (Å²) < 4.78 is 0. The van der Waals surface area contributed by atoms with Crippen molar-refractivity contribution in [2.75, 3.05) is 17.7 Å². The Morgan fingerprint density at radius 1 is 1.60 bits per heavy atom. The number of nitrogens with one attached hydrogen (secondary N) is 1. The van der Waals surface area contributed by atoms with Crippen molar-refractivity contribution < 1.29 is 5.11 Å². The van der Waals surface area contributed by atoms with E-state index >= 15 is 0 Å². The van der Waals surface area contributed by atoms with Crippen molar-refractivity contribution in [2.45, 2.75) is 19.4 Å². The minimum absolute atomic E-state index is 0.153. The van der Waals surface area contributed by atoms with Gasteiger partial charge in [-0.1, -0.05) is 0 Å². The highest BCUT2D eigenvalue weighted by Crippen LogP contribution is 2.18. The molecule has 0 saturated carbocycles. The van der Waals surface area contributed by atoms with E-state index in [0.29, 0.717) is 17.7 Å². The Bertz CT molecular complexity index is 371. The minimum Gasteiger partial charge on any atom is -0.398 e. The lowest BCUT2D eigenvalue weighted by Gasteiger charge is -2.14. The van der Waals surface area contributed by atoms with Crippen LogP contribution in [0.1, 0.15) is 18.9 Å². The van der Waals surface area contributed by atoms with Crippen molar-refractivity contribution in [1.29, 1.82) is 5.26 Å². The van der Waals surface area contributed by atoms with Gasteiger partial charge in [0.25, 0.3) is 0 Å².